The normalized spacial score (nSPS) is 10.5. The lowest BCUT2D eigenvalue weighted by atomic mass is 10.0. The third-order valence-electron chi connectivity index (χ3n) is 5.52. The molecule has 198 valence electrons. The van der Waals surface area contributed by atoms with E-state index >= 15 is 0 Å². The maximum absolute atomic E-state index is 12.1. The molecule has 38 heavy (non-hydrogen) atoms. The number of para-hydroxylation sites is 1. The van der Waals surface area contributed by atoms with E-state index in [-0.39, 0.29) is 5.91 Å². The summed E-state index contributed by atoms with van der Waals surface area (Å²) in [5, 5.41) is 9.70. The number of carbonyl (C=O) groups excluding carboxylic acids is 1. The van der Waals surface area contributed by atoms with Crippen molar-refractivity contribution in [3.05, 3.63) is 71.4 Å². The summed E-state index contributed by atoms with van der Waals surface area (Å²) in [6.07, 6.45) is 3.41. The van der Waals surface area contributed by atoms with Gasteiger partial charge in [0, 0.05) is 24.7 Å². The fourth-order valence-electron chi connectivity index (χ4n) is 3.55. The van der Waals surface area contributed by atoms with Crippen LogP contribution in [0.25, 0.3) is 0 Å². The number of hydrogen-bond donors (Lipinski definition) is 3. The fourth-order valence-corrected chi connectivity index (χ4v) is 3.69. The largest absolute Gasteiger partial charge is 0.495 e. The second-order valence-electron chi connectivity index (χ2n) is 9.03. The van der Waals surface area contributed by atoms with Crippen molar-refractivity contribution < 1.29 is 9.53 Å². The van der Waals surface area contributed by atoms with E-state index in [1.54, 1.807) is 19.2 Å². The molecule has 9 heteroatoms. The number of aromatic nitrogens is 2. The van der Waals surface area contributed by atoms with E-state index in [9.17, 15) is 4.79 Å². The van der Waals surface area contributed by atoms with Crippen LogP contribution in [0, 0.1) is 11.8 Å². The van der Waals surface area contributed by atoms with Gasteiger partial charge in [-0.15, -0.1) is 0 Å². The summed E-state index contributed by atoms with van der Waals surface area (Å²) in [4.78, 5) is 23.1. The zero-order valence-corrected chi connectivity index (χ0v) is 23.1. The van der Waals surface area contributed by atoms with Gasteiger partial charge in [-0.25, -0.2) is 4.98 Å². The fraction of sp³-hybridized carbons (Fsp3) is 0.276. The molecule has 3 rings (SSSR count). The van der Waals surface area contributed by atoms with Crippen LogP contribution in [0.1, 0.15) is 37.3 Å². The van der Waals surface area contributed by atoms with E-state index in [1.807, 2.05) is 32.3 Å². The number of carbonyl (C=O) groups is 1. The first kappa shape index (κ1) is 28.5. The SMILES string of the molecule is C=CC(=O)Nc1cc(Nc2ncc(Cl)c(Nc3ccccc3C(C)C)n2)c(OC)cc1C#CCCN(C)C. The highest BCUT2D eigenvalue weighted by molar-refractivity contribution is 6.32. The summed E-state index contributed by atoms with van der Waals surface area (Å²) in [5.74, 6) is 7.50. The molecule has 0 radical (unpaired) electrons. The third kappa shape index (κ3) is 7.72. The summed E-state index contributed by atoms with van der Waals surface area (Å²) in [5.41, 5.74) is 3.72. The molecule has 2 aromatic carbocycles. The van der Waals surface area contributed by atoms with E-state index in [0.29, 0.717) is 51.8 Å². The number of amides is 1. The summed E-state index contributed by atoms with van der Waals surface area (Å²) in [7, 11) is 5.54. The van der Waals surface area contributed by atoms with Crippen molar-refractivity contribution in [1.82, 2.24) is 14.9 Å². The lowest BCUT2D eigenvalue weighted by molar-refractivity contribution is -0.111. The molecule has 0 saturated heterocycles. The number of nitrogens with zero attached hydrogens (tertiary/aromatic N) is 3. The van der Waals surface area contributed by atoms with Gasteiger partial charge in [-0.05, 0) is 43.8 Å². The number of nitrogens with one attached hydrogen (secondary N) is 3. The van der Waals surface area contributed by atoms with Crippen LogP contribution in [-0.4, -0.2) is 48.5 Å². The molecule has 0 fully saturated rings. The number of benzene rings is 2. The van der Waals surface area contributed by atoms with E-state index in [0.717, 1.165) is 17.8 Å². The molecule has 0 spiro atoms. The van der Waals surface area contributed by atoms with Crippen molar-refractivity contribution in [2.24, 2.45) is 0 Å². The lowest BCUT2D eigenvalue weighted by Crippen LogP contribution is -2.12. The van der Waals surface area contributed by atoms with E-state index < -0.39 is 0 Å². The van der Waals surface area contributed by atoms with Crippen LogP contribution in [0.15, 0.2) is 55.3 Å². The highest BCUT2D eigenvalue weighted by Crippen LogP contribution is 2.34. The van der Waals surface area contributed by atoms with Crippen LogP contribution in [0.4, 0.5) is 28.8 Å². The monoisotopic (exact) mass is 532 g/mol. The quantitative estimate of drug-likeness (QED) is 0.212. The molecule has 0 unspecified atom stereocenters. The maximum atomic E-state index is 12.1. The van der Waals surface area contributed by atoms with Gasteiger partial charge >= 0.3 is 0 Å². The van der Waals surface area contributed by atoms with Crippen molar-refractivity contribution in [3.8, 4) is 17.6 Å². The van der Waals surface area contributed by atoms with Gasteiger partial charge < -0.3 is 25.6 Å². The van der Waals surface area contributed by atoms with Crippen molar-refractivity contribution in [2.75, 3.05) is 43.7 Å². The van der Waals surface area contributed by atoms with E-state index in [2.05, 4.69) is 69.2 Å². The summed E-state index contributed by atoms with van der Waals surface area (Å²) < 4.78 is 5.61. The standard InChI is InChI=1S/C29H33ClN6O2/c1-7-27(37)32-24-17-25(26(38-6)16-20(24)12-10-11-15-36(4)5)34-29-31-18-22(30)28(35-29)33-23-14-9-8-13-21(23)19(2)3/h7-9,13-14,16-19H,1,11,15H2,2-6H3,(H,32,37)(H2,31,33,34,35). The van der Waals surface area contributed by atoms with Gasteiger partial charge in [-0.3, -0.25) is 4.79 Å². The molecular formula is C29H33ClN6O2. The van der Waals surface area contributed by atoms with Crippen LogP contribution in [0.5, 0.6) is 5.75 Å². The average Bonchev–Trinajstić information content (AvgIpc) is 2.89. The molecule has 1 amide bonds. The zero-order chi connectivity index (χ0) is 27.7. The molecule has 1 aromatic heterocycles. The minimum absolute atomic E-state index is 0.294. The Labute approximate surface area is 229 Å². The Morgan fingerprint density at radius 2 is 1.95 bits per heavy atom. The summed E-state index contributed by atoms with van der Waals surface area (Å²) >= 11 is 6.42. The average molecular weight is 533 g/mol. The number of ether oxygens (including phenoxy) is 1. The first-order valence-electron chi connectivity index (χ1n) is 12.2. The smallest absolute Gasteiger partial charge is 0.247 e. The van der Waals surface area contributed by atoms with E-state index in [1.165, 1.54) is 12.3 Å². The van der Waals surface area contributed by atoms with Crippen LogP contribution in [0.2, 0.25) is 5.02 Å². The van der Waals surface area contributed by atoms with Gasteiger partial charge in [0.25, 0.3) is 0 Å². The van der Waals surface area contributed by atoms with Crippen molar-refractivity contribution in [2.45, 2.75) is 26.2 Å². The zero-order valence-electron chi connectivity index (χ0n) is 22.4. The van der Waals surface area contributed by atoms with Crippen LogP contribution < -0.4 is 20.7 Å². The molecule has 3 N–H and O–H groups in total. The Kier molecular flexibility index (Phi) is 10.1. The molecule has 0 aliphatic carbocycles. The highest BCUT2D eigenvalue weighted by atomic mass is 35.5. The predicted molar refractivity (Wildman–Crippen MR) is 156 cm³/mol. The van der Waals surface area contributed by atoms with Crippen molar-refractivity contribution in [3.63, 3.8) is 0 Å². The Bertz CT molecular complexity index is 1360. The van der Waals surface area contributed by atoms with Crippen molar-refractivity contribution in [1.29, 1.82) is 0 Å². The molecule has 0 aliphatic rings. The third-order valence-corrected chi connectivity index (χ3v) is 5.79. The Balaban J connectivity index is 1.95. The second-order valence-corrected chi connectivity index (χ2v) is 9.44. The number of hydrogen-bond acceptors (Lipinski definition) is 7. The van der Waals surface area contributed by atoms with Gasteiger partial charge in [-0.2, -0.15) is 4.98 Å². The van der Waals surface area contributed by atoms with Gasteiger partial charge in [0.05, 0.1) is 30.2 Å². The molecule has 0 atom stereocenters. The van der Waals surface area contributed by atoms with Gasteiger partial charge in [0.15, 0.2) is 5.82 Å². The number of anilines is 5. The van der Waals surface area contributed by atoms with Gasteiger partial charge in [0.2, 0.25) is 11.9 Å². The lowest BCUT2D eigenvalue weighted by Gasteiger charge is -2.17. The van der Waals surface area contributed by atoms with Crippen molar-refractivity contribution >= 4 is 46.3 Å². The predicted octanol–water partition coefficient (Wildman–Crippen LogP) is 6.18. The Morgan fingerprint density at radius 1 is 1.18 bits per heavy atom. The molecule has 0 aliphatic heterocycles. The molecule has 0 saturated carbocycles. The maximum Gasteiger partial charge on any atom is 0.247 e. The van der Waals surface area contributed by atoms with Crippen LogP contribution >= 0.6 is 11.6 Å². The minimum atomic E-state index is -0.351. The van der Waals surface area contributed by atoms with Gasteiger partial charge in [-0.1, -0.05) is 62.1 Å². The highest BCUT2D eigenvalue weighted by Gasteiger charge is 2.15. The van der Waals surface area contributed by atoms with Crippen LogP contribution in [-0.2, 0) is 4.79 Å². The van der Waals surface area contributed by atoms with Crippen LogP contribution in [0.3, 0.4) is 0 Å². The molecular weight excluding hydrogens is 500 g/mol. The first-order valence-corrected chi connectivity index (χ1v) is 12.5. The minimum Gasteiger partial charge on any atom is -0.495 e. The number of halogens is 1. The molecule has 0 bridgehead atoms. The Hall–Kier alpha value is -4.06. The second kappa shape index (κ2) is 13.5. The van der Waals surface area contributed by atoms with Gasteiger partial charge in [0.1, 0.15) is 10.8 Å². The Morgan fingerprint density at radius 3 is 2.63 bits per heavy atom. The summed E-state index contributed by atoms with van der Waals surface area (Å²) in [6, 6.07) is 11.5. The molecule has 8 nitrogen and oxygen atoms in total. The number of methoxy groups -OCH3 is 1. The number of rotatable bonds is 10. The van der Waals surface area contributed by atoms with E-state index in [4.69, 9.17) is 16.3 Å². The first-order chi connectivity index (χ1) is 18.2. The summed E-state index contributed by atoms with van der Waals surface area (Å²) in [6.45, 7) is 8.62. The molecule has 3 aromatic rings. The molecule has 1 heterocycles. The topological polar surface area (TPSA) is 91.4 Å².